The fraction of sp³-hybridized carbons (Fsp3) is 0.318. The molecule has 0 spiro atoms. The summed E-state index contributed by atoms with van der Waals surface area (Å²) in [5.74, 6) is 1.34. The lowest BCUT2D eigenvalue weighted by atomic mass is 9.94. The first-order valence-electron chi connectivity index (χ1n) is 9.51. The maximum Gasteiger partial charge on any atom is 0.266 e. The summed E-state index contributed by atoms with van der Waals surface area (Å²) < 4.78 is 6.56. The zero-order valence-corrected chi connectivity index (χ0v) is 17.3. The van der Waals surface area contributed by atoms with Crippen molar-refractivity contribution in [2.75, 3.05) is 0 Å². The molecule has 0 bridgehead atoms. The van der Waals surface area contributed by atoms with E-state index in [9.17, 15) is 9.59 Å². The number of ketones is 1. The molecule has 2 aliphatic rings. The van der Waals surface area contributed by atoms with E-state index in [1.807, 2.05) is 24.3 Å². The largest absolute Gasteiger partial charge is 0.457 e. The third-order valence-electron chi connectivity index (χ3n) is 5.24. The highest BCUT2D eigenvalue weighted by atomic mass is 32.2. The number of nitrogens with zero attached hydrogens (tertiary/aromatic N) is 1. The lowest BCUT2D eigenvalue weighted by Gasteiger charge is -2.29. The minimum atomic E-state index is -0.00865. The third kappa shape index (κ3) is 3.84. The van der Waals surface area contributed by atoms with E-state index < -0.39 is 0 Å². The quantitative estimate of drug-likeness (QED) is 0.368. The second-order valence-electron chi connectivity index (χ2n) is 7.18. The Hall–Kier alpha value is -2.18. The van der Waals surface area contributed by atoms with Crippen LogP contribution in [0.15, 0.2) is 45.7 Å². The Morgan fingerprint density at radius 3 is 2.54 bits per heavy atom. The Kier molecular flexibility index (Phi) is 5.51. The van der Waals surface area contributed by atoms with Crippen molar-refractivity contribution >= 4 is 46.1 Å². The smallest absolute Gasteiger partial charge is 0.266 e. The molecule has 1 aliphatic heterocycles. The number of Topliss-reactive ketones (excluding diaryl/α,β-unsaturated/α-hetero) is 1. The van der Waals surface area contributed by atoms with Gasteiger partial charge in [0.15, 0.2) is 5.78 Å². The van der Waals surface area contributed by atoms with Crippen molar-refractivity contribution in [3.63, 3.8) is 0 Å². The van der Waals surface area contributed by atoms with Gasteiger partial charge in [-0.3, -0.25) is 14.5 Å². The average molecular weight is 412 g/mol. The number of carbonyl (C=O) groups excluding carboxylic acids is 2. The molecule has 0 unspecified atom stereocenters. The highest BCUT2D eigenvalue weighted by Crippen LogP contribution is 2.37. The summed E-state index contributed by atoms with van der Waals surface area (Å²) >= 11 is 6.83. The summed E-state index contributed by atoms with van der Waals surface area (Å²) in [7, 11) is 0. The normalized spacial score (nSPS) is 19.6. The second-order valence-corrected chi connectivity index (χ2v) is 8.85. The van der Waals surface area contributed by atoms with Crippen molar-refractivity contribution in [3.05, 3.63) is 52.6 Å². The second kappa shape index (κ2) is 8.05. The van der Waals surface area contributed by atoms with Crippen LogP contribution in [0.4, 0.5) is 0 Å². The van der Waals surface area contributed by atoms with Gasteiger partial charge in [0.2, 0.25) is 0 Å². The van der Waals surface area contributed by atoms with Gasteiger partial charge >= 0.3 is 0 Å². The number of carbonyl (C=O) groups is 2. The average Bonchev–Trinajstić information content (AvgIpc) is 3.27. The molecule has 4 nitrogen and oxygen atoms in total. The molecule has 0 N–H and O–H groups in total. The monoisotopic (exact) mass is 411 g/mol. The van der Waals surface area contributed by atoms with Crippen molar-refractivity contribution in [2.24, 2.45) is 0 Å². The highest BCUT2D eigenvalue weighted by Gasteiger charge is 2.37. The van der Waals surface area contributed by atoms with Gasteiger partial charge in [0, 0.05) is 23.2 Å². The van der Waals surface area contributed by atoms with Crippen LogP contribution in [0.25, 0.3) is 17.4 Å². The first-order chi connectivity index (χ1) is 13.5. The zero-order chi connectivity index (χ0) is 19.7. The number of benzene rings is 1. The van der Waals surface area contributed by atoms with Crippen LogP contribution in [-0.2, 0) is 4.79 Å². The maximum absolute atomic E-state index is 12.9. The maximum atomic E-state index is 12.9. The molecule has 2 aromatic rings. The summed E-state index contributed by atoms with van der Waals surface area (Å²) in [5, 5.41) is 0. The number of rotatable bonds is 4. The van der Waals surface area contributed by atoms with Crippen molar-refractivity contribution in [3.8, 4) is 11.3 Å². The van der Waals surface area contributed by atoms with Crippen LogP contribution in [0.5, 0.6) is 0 Å². The summed E-state index contributed by atoms with van der Waals surface area (Å²) in [5.41, 5.74) is 1.56. The Morgan fingerprint density at radius 1 is 1.14 bits per heavy atom. The third-order valence-corrected chi connectivity index (χ3v) is 6.57. The number of hydrogen-bond acceptors (Lipinski definition) is 5. The number of furan rings is 1. The summed E-state index contributed by atoms with van der Waals surface area (Å²) in [4.78, 5) is 26.7. The van der Waals surface area contributed by atoms with Crippen LogP contribution >= 0.6 is 24.0 Å². The molecule has 2 heterocycles. The van der Waals surface area contributed by atoms with Crippen LogP contribution in [0.1, 0.15) is 55.1 Å². The first kappa shape index (κ1) is 19.2. The van der Waals surface area contributed by atoms with Crippen molar-refractivity contribution in [1.82, 2.24) is 4.90 Å². The van der Waals surface area contributed by atoms with Crippen LogP contribution in [0.3, 0.4) is 0 Å². The molecule has 0 atom stereocenters. The van der Waals surface area contributed by atoms with E-state index in [1.54, 1.807) is 30.0 Å². The Balaban J connectivity index is 1.52. The van der Waals surface area contributed by atoms with E-state index in [4.69, 9.17) is 16.6 Å². The zero-order valence-electron chi connectivity index (χ0n) is 15.6. The van der Waals surface area contributed by atoms with Gasteiger partial charge in [-0.05, 0) is 31.9 Å². The van der Waals surface area contributed by atoms with Crippen LogP contribution in [-0.4, -0.2) is 27.0 Å². The van der Waals surface area contributed by atoms with Crippen molar-refractivity contribution in [2.45, 2.75) is 45.1 Å². The molecule has 1 amide bonds. The highest BCUT2D eigenvalue weighted by molar-refractivity contribution is 8.26. The van der Waals surface area contributed by atoms with Crippen LogP contribution in [0, 0.1) is 0 Å². The molecule has 28 heavy (non-hydrogen) atoms. The van der Waals surface area contributed by atoms with E-state index >= 15 is 0 Å². The predicted octanol–water partition coefficient (Wildman–Crippen LogP) is 5.68. The Labute approximate surface area is 174 Å². The van der Waals surface area contributed by atoms with Crippen LogP contribution in [0.2, 0.25) is 0 Å². The molecule has 144 valence electrons. The molecule has 1 aromatic heterocycles. The lowest BCUT2D eigenvalue weighted by molar-refractivity contribution is -0.124. The Bertz CT molecular complexity index is 952. The van der Waals surface area contributed by atoms with Gasteiger partial charge in [-0.1, -0.05) is 67.5 Å². The summed E-state index contributed by atoms with van der Waals surface area (Å²) in [6, 6.07) is 11.3. The first-order valence-corrected chi connectivity index (χ1v) is 10.7. The lowest BCUT2D eigenvalue weighted by Crippen LogP contribution is -2.39. The van der Waals surface area contributed by atoms with Gasteiger partial charge in [0.1, 0.15) is 15.8 Å². The van der Waals surface area contributed by atoms with Gasteiger partial charge in [0.25, 0.3) is 5.91 Å². The van der Waals surface area contributed by atoms with E-state index in [2.05, 4.69) is 0 Å². The van der Waals surface area contributed by atoms with Gasteiger partial charge in [-0.15, -0.1) is 0 Å². The molecule has 1 saturated carbocycles. The fourth-order valence-corrected chi connectivity index (χ4v) is 5.10. The summed E-state index contributed by atoms with van der Waals surface area (Å²) in [6.07, 6.45) is 7.39. The predicted molar refractivity (Wildman–Crippen MR) is 116 cm³/mol. The van der Waals surface area contributed by atoms with E-state index in [0.717, 1.165) is 31.2 Å². The number of thiocarbonyl (C=S) groups is 1. The van der Waals surface area contributed by atoms with Gasteiger partial charge in [-0.2, -0.15) is 0 Å². The minimum absolute atomic E-state index is 0.00865. The van der Waals surface area contributed by atoms with Crippen molar-refractivity contribution in [1.29, 1.82) is 0 Å². The van der Waals surface area contributed by atoms with E-state index in [-0.39, 0.29) is 17.7 Å². The van der Waals surface area contributed by atoms with Crippen LogP contribution < -0.4 is 0 Å². The molecule has 2 fully saturated rings. The van der Waals surface area contributed by atoms with Gasteiger partial charge in [0.05, 0.1) is 4.91 Å². The molecular formula is C22H21NO3S2. The molecule has 1 aromatic carbocycles. The fourth-order valence-electron chi connectivity index (χ4n) is 3.72. The molecule has 1 saturated heterocycles. The summed E-state index contributed by atoms with van der Waals surface area (Å²) in [6.45, 7) is 1.55. The Morgan fingerprint density at radius 2 is 1.86 bits per heavy atom. The number of thioether (sulfide) groups is 1. The van der Waals surface area contributed by atoms with Gasteiger partial charge in [-0.25, -0.2) is 0 Å². The molecule has 0 radical (unpaired) electrons. The SMILES string of the molecule is CC(=O)c1ccc(-c2ccc(/C=C3\SC(=S)N(C4CCCCC4)C3=O)o2)cc1. The number of hydrogen-bond donors (Lipinski definition) is 0. The number of amides is 1. The van der Waals surface area contributed by atoms with Gasteiger partial charge < -0.3 is 4.42 Å². The minimum Gasteiger partial charge on any atom is -0.457 e. The van der Waals surface area contributed by atoms with Crippen molar-refractivity contribution < 1.29 is 14.0 Å². The molecule has 6 heteroatoms. The van der Waals surface area contributed by atoms with E-state index in [1.165, 1.54) is 18.2 Å². The van der Waals surface area contributed by atoms with E-state index in [0.29, 0.717) is 26.3 Å². The topological polar surface area (TPSA) is 50.5 Å². The standard InChI is InChI=1S/C22H21NO3S2/c1-14(24)15-7-9-16(10-8-15)19-12-11-18(26-19)13-20-21(25)23(22(27)28-20)17-5-3-2-4-6-17/h7-13,17H,2-6H2,1H3/b20-13-. The molecular weight excluding hydrogens is 390 g/mol. The molecule has 4 rings (SSSR count). The molecule has 1 aliphatic carbocycles.